The van der Waals surface area contributed by atoms with Crippen LogP contribution in [0.25, 0.3) is 10.9 Å². The van der Waals surface area contributed by atoms with Gasteiger partial charge in [0.2, 0.25) is 0 Å². The molecule has 5 heteroatoms. The van der Waals surface area contributed by atoms with E-state index in [9.17, 15) is 4.79 Å². The lowest BCUT2D eigenvalue weighted by Crippen LogP contribution is -2.50. The Morgan fingerprint density at radius 3 is 2.74 bits per heavy atom. The molecule has 3 aromatic rings. The molecule has 4 rings (SSSR count). The van der Waals surface area contributed by atoms with E-state index in [1.54, 1.807) is 0 Å². The second-order valence-corrected chi connectivity index (χ2v) is 6.93. The average molecular weight is 370 g/mol. The van der Waals surface area contributed by atoms with E-state index < -0.39 is 0 Å². The van der Waals surface area contributed by atoms with Crippen LogP contribution < -0.4 is 5.32 Å². The van der Waals surface area contributed by atoms with Gasteiger partial charge >= 0.3 is 0 Å². The Labute approximate surface area is 142 Å². The molecule has 0 unspecified atom stereocenters. The van der Waals surface area contributed by atoms with Gasteiger partial charge in [-0.05, 0) is 43.0 Å². The molecule has 1 aliphatic rings. The van der Waals surface area contributed by atoms with Crippen LogP contribution in [0.1, 0.15) is 35.3 Å². The number of carbonyl (C=O) groups is 1. The maximum absolute atomic E-state index is 12.8. The van der Waals surface area contributed by atoms with Gasteiger partial charge in [-0.1, -0.05) is 46.3 Å². The molecule has 116 valence electrons. The minimum Gasteiger partial charge on any atom is -0.341 e. The third kappa shape index (κ3) is 2.45. The summed E-state index contributed by atoms with van der Waals surface area (Å²) in [6.07, 6.45) is 3.03. The molecule has 1 aromatic heterocycles. The van der Waals surface area contributed by atoms with Crippen molar-refractivity contribution in [2.75, 3.05) is 0 Å². The number of H-pyrrole nitrogens is 1. The number of fused-ring (bicyclic) bond motifs is 1. The highest BCUT2D eigenvalue weighted by molar-refractivity contribution is 9.10. The number of aromatic nitrogens is 2. The van der Waals surface area contributed by atoms with Gasteiger partial charge in [-0.3, -0.25) is 9.89 Å². The zero-order valence-electron chi connectivity index (χ0n) is 12.5. The molecule has 1 aliphatic carbocycles. The quantitative estimate of drug-likeness (QED) is 0.728. The van der Waals surface area contributed by atoms with Crippen LogP contribution in [-0.2, 0) is 5.54 Å². The van der Waals surface area contributed by atoms with Gasteiger partial charge in [-0.15, -0.1) is 0 Å². The number of rotatable bonds is 3. The molecule has 0 saturated heterocycles. The molecule has 1 fully saturated rings. The summed E-state index contributed by atoms with van der Waals surface area (Å²) in [5, 5.41) is 11.2. The van der Waals surface area contributed by atoms with Crippen LogP contribution in [0, 0.1) is 0 Å². The van der Waals surface area contributed by atoms with E-state index in [-0.39, 0.29) is 11.4 Å². The molecule has 4 nitrogen and oxygen atoms in total. The Morgan fingerprint density at radius 2 is 2.00 bits per heavy atom. The summed E-state index contributed by atoms with van der Waals surface area (Å²) in [7, 11) is 0. The number of carbonyl (C=O) groups excluding carboxylic acids is 1. The molecular weight excluding hydrogens is 354 g/mol. The van der Waals surface area contributed by atoms with Gasteiger partial charge in [-0.25, -0.2) is 0 Å². The summed E-state index contributed by atoms with van der Waals surface area (Å²) in [6.45, 7) is 0. The van der Waals surface area contributed by atoms with Gasteiger partial charge in [0, 0.05) is 9.86 Å². The number of hydrogen-bond acceptors (Lipinski definition) is 2. The monoisotopic (exact) mass is 369 g/mol. The summed E-state index contributed by atoms with van der Waals surface area (Å²) in [5.41, 5.74) is 2.21. The first kappa shape index (κ1) is 14.5. The number of amides is 1. The number of nitrogens with zero attached hydrogens (tertiary/aromatic N) is 1. The van der Waals surface area contributed by atoms with E-state index in [0.717, 1.165) is 40.2 Å². The maximum atomic E-state index is 12.8. The normalized spacial score (nSPS) is 16.0. The van der Waals surface area contributed by atoms with Crippen molar-refractivity contribution in [2.45, 2.75) is 24.8 Å². The SMILES string of the molecule is O=C(NC1(c2cccc(Br)c2)CCC1)c1n[nH]c2ccccc12. The summed E-state index contributed by atoms with van der Waals surface area (Å²) < 4.78 is 1.03. The van der Waals surface area contributed by atoms with E-state index >= 15 is 0 Å². The van der Waals surface area contributed by atoms with Crippen LogP contribution >= 0.6 is 15.9 Å². The number of benzene rings is 2. The Kier molecular flexibility index (Phi) is 3.45. The van der Waals surface area contributed by atoms with Gasteiger partial charge in [0.15, 0.2) is 5.69 Å². The number of hydrogen-bond donors (Lipinski definition) is 2. The van der Waals surface area contributed by atoms with Crippen LogP contribution in [0.4, 0.5) is 0 Å². The average Bonchev–Trinajstić information content (AvgIpc) is 2.95. The van der Waals surface area contributed by atoms with E-state index in [4.69, 9.17) is 0 Å². The predicted molar refractivity (Wildman–Crippen MR) is 93.2 cm³/mol. The first-order chi connectivity index (χ1) is 11.2. The molecule has 2 aromatic carbocycles. The first-order valence-electron chi connectivity index (χ1n) is 7.70. The summed E-state index contributed by atoms with van der Waals surface area (Å²) in [4.78, 5) is 12.8. The Bertz CT molecular complexity index is 883. The fourth-order valence-electron chi connectivity index (χ4n) is 3.22. The van der Waals surface area contributed by atoms with Crippen molar-refractivity contribution >= 4 is 32.7 Å². The molecular formula is C18H16BrN3O. The summed E-state index contributed by atoms with van der Waals surface area (Å²) in [5.74, 6) is -0.123. The van der Waals surface area contributed by atoms with Gasteiger partial charge in [0.05, 0.1) is 11.1 Å². The maximum Gasteiger partial charge on any atom is 0.273 e. The van der Waals surface area contributed by atoms with E-state index in [1.165, 1.54) is 0 Å². The predicted octanol–water partition coefficient (Wildman–Crippen LogP) is 4.13. The second-order valence-electron chi connectivity index (χ2n) is 6.02. The fraction of sp³-hybridized carbons (Fsp3) is 0.222. The van der Waals surface area contributed by atoms with Crippen molar-refractivity contribution in [1.82, 2.24) is 15.5 Å². The van der Waals surface area contributed by atoms with Crippen molar-refractivity contribution < 1.29 is 4.79 Å². The van der Waals surface area contributed by atoms with E-state index in [2.05, 4.69) is 43.6 Å². The second kappa shape index (κ2) is 5.49. The zero-order valence-corrected chi connectivity index (χ0v) is 14.1. The topological polar surface area (TPSA) is 57.8 Å². The highest BCUT2D eigenvalue weighted by Gasteiger charge is 2.40. The molecule has 0 radical (unpaired) electrons. The lowest BCUT2D eigenvalue weighted by molar-refractivity contribution is 0.0819. The molecule has 0 bridgehead atoms. The minimum absolute atomic E-state index is 0.123. The first-order valence-corrected chi connectivity index (χ1v) is 8.49. The third-order valence-corrected chi connectivity index (χ3v) is 5.12. The fourth-order valence-corrected chi connectivity index (χ4v) is 3.61. The molecule has 1 saturated carbocycles. The van der Waals surface area contributed by atoms with Crippen molar-refractivity contribution in [1.29, 1.82) is 0 Å². The minimum atomic E-state index is -0.277. The standard InChI is InChI=1S/C18H16BrN3O/c19-13-6-3-5-12(11-13)18(9-4-10-18)20-17(23)16-14-7-1-2-8-15(14)21-22-16/h1-3,5-8,11H,4,9-10H2,(H,20,23)(H,21,22). The number of aromatic amines is 1. The Hall–Kier alpha value is -2.14. The summed E-state index contributed by atoms with van der Waals surface area (Å²) in [6, 6.07) is 15.9. The zero-order chi connectivity index (χ0) is 15.9. The van der Waals surface area contributed by atoms with Crippen molar-refractivity contribution in [2.24, 2.45) is 0 Å². The lowest BCUT2D eigenvalue weighted by atomic mass is 9.71. The molecule has 2 N–H and O–H groups in total. The van der Waals surface area contributed by atoms with Gasteiger partial charge < -0.3 is 5.32 Å². The van der Waals surface area contributed by atoms with Gasteiger partial charge in [0.1, 0.15) is 0 Å². The van der Waals surface area contributed by atoms with Crippen LogP contribution in [0.3, 0.4) is 0 Å². The number of para-hydroxylation sites is 1. The molecule has 0 spiro atoms. The summed E-state index contributed by atoms with van der Waals surface area (Å²) >= 11 is 3.52. The molecule has 1 amide bonds. The van der Waals surface area contributed by atoms with Gasteiger partial charge in [0.25, 0.3) is 5.91 Å². The highest BCUT2D eigenvalue weighted by atomic mass is 79.9. The van der Waals surface area contributed by atoms with E-state index in [1.807, 2.05) is 36.4 Å². The van der Waals surface area contributed by atoms with E-state index in [0.29, 0.717) is 5.69 Å². The largest absolute Gasteiger partial charge is 0.341 e. The molecule has 23 heavy (non-hydrogen) atoms. The highest BCUT2D eigenvalue weighted by Crippen LogP contribution is 2.42. The lowest BCUT2D eigenvalue weighted by Gasteiger charge is -2.43. The van der Waals surface area contributed by atoms with Crippen molar-refractivity contribution in [3.8, 4) is 0 Å². The Balaban J connectivity index is 1.67. The van der Waals surface area contributed by atoms with Crippen LogP contribution in [0.15, 0.2) is 53.0 Å². The Morgan fingerprint density at radius 1 is 1.17 bits per heavy atom. The molecule has 0 atom stereocenters. The molecule has 0 aliphatic heterocycles. The molecule has 1 heterocycles. The number of halogens is 1. The van der Waals surface area contributed by atoms with Crippen LogP contribution in [0.2, 0.25) is 0 Å². The smallest absolute Gasteiger partial charge is 0.273 e. The number of nitrogens with one attached hydrogen (secondary N) is 2. The van der Waals surface area contributed by atoms with Gasteiger partial charge in [-0.2, -0.15) is 5.10 Å². The third-order valence-electron chi connectivity index (χ3n) is 4.62. The van der Waals surface area contributed by atoms with Crippen LogP contribution in [0.5, 0.6) is 0 Å². The van der Waals surface area contributed by atoms with Crippen LogP contribution in [-0.4, -0.2) is 16.1 Å². The van der Waals surface area contributed by atoms with Crippen molar-refractivity contribution in [3.63, 3.8) is 0 Å². The van der Waals surface area contributed by atoms with Crippen molar-refractivity contribution in [3.05, 3.63) is 64.3 Å².